The highest BCUT2D eigenvalue weighted by Crippen LogP contribution is 2.48. The molecule has 0 saturated carbocycles. The van der Waals surface area contributed by atoms with Crippen LogP contribution in [0.3, 0.4) is 0 Å². The van der Waals surface area contributed by atoms with E-state index in [1.807, 2.05) is 6.92 Å². The van der Waals surface area contributed by atoms with E-state index >= 15 is 0 Å². The van der Waals surface area contributed by atoms with Crippen LogP contribution in [0.25, 0.3) is 0 Å². The lowest BCUT2D eigenvalue weighted by atomic mass is 9.82. The second-order valence-electron chi connectivity index (χ2n) is 8.03. The largest absolute Gasteiger partial charge is 0.482 e. The van der Waals surface area contributed by atoms with Crippen LogP contribution in [0.4, 0.5) is 0 Å². The molecule has 3 nitrogen and oxygen atoms in total. The second-order valence-corrected chi connectivity index (χ2v) is 8.03. The summed E-state index contributed by atoms with van der Waals surface area (Å²) >= 11 is 0. The van der Waals surface area contributed by atoms with Crippen LogP contribution in [-0.4, -0.2) is 23.6 Å². The van der Waals surface area contributed by atoms with Gasteiger partial charge in [-0.15, -0.1) is 0 Å². The van der Waals surface area contributed by atoms with Crippen molar-refractivity contribution in [3.05, 3.63) is 36.1 Å². The van der Waals surface area contributed by atoms with E-state index in [-0.39, 0.29) is 29.3 Å². The molecular formula is C21H30O3. The van der Waals surface area contributed by atoms with Gasteiger partial charge in [-0.3, -0.25) is 4.79 Å². The van der Waals surface area contributed by atoms with Gasteiger partial charge in [0.2, 0.25) is 0 Å². The Hall–Kier alpha value is -1.35. The summed E-state index contributed by atoms with van der Waals surface area (Å²) in [5, 5.41) is 0. The van der Waals surface area contributed by atoms with Crippen molar-refractivity contribution >= 4 is 5.78 Å². The summed E-state index contributed by atoms with van der Waals surface area (Å²) < 4.78 is 11.8. The molecule has 0 radical (unpaired) electrons. The van der Waals surface area contributed by atoms with Crippen molar-refractivity contribution in [1.82, 2.24) is 0 Å². The molecule has 2 saturated heterocycles. The normalized spacial score (nSPS) is 43.1. The number of allylic oxidation sites excluding steroid dienone is 3. The first-order valence-corrected chi connectivity index (χ1v) is 9.24. The van der Waals surface area contributed by atoms with Crippen LogP contribution < -0.4 is 0 Å². The van der Waals surface area contributed by atoms with Crippen molar-refractivity contribution in [1.29, 1.82) is 0 Å². The predicted octanol–water partition coefficient (Wildman–Crippen LogP) is 4.73. The number of Topliss-reactive ketones (excluding diaryl/α,β-unsaturated/α-hetero) is 1. The van der Waals surface area contributed by atoms with Crippen molar-refractivity contribution in [3.63, 3.8) is 0 Å². The van der Waals surface area contributed by atoms with E-state index in [1.165, 1.54) is 5.57 Å². The monoisotopic (exact) mass is 330 g/mol. The van der Waals surface area contributed by atoms with E-state index in [1.54, 1.807) is 0 Å². The molecule has 24 heavy (non-hydrogen) atoms. The van der Waals surface area contributed by atoms with Gasteiger partial charge in [-0.25, -0.2) is 0 Å². The molecule has 2 aliphatic heterocycles. The quantitative estimate of drug-likeness (QED) is 0.476. The molecule has 2 fully saturated rings. The molecule has 5 atom stereocenters. The Labute approximate surface area is 145 Å². The van der Waals surface area contributed by atoms with Crippen molar-refractivity contribution < 1.29 is 14.3 Å². The van der Waals surface area contributed by atoms with Gasteiger partial charge in [0.15, 0.2) is 11.9 Å². The lowest BCUT2D eigenvalue weighted by Gasteiger charge is -2.21. The summed E-state index contributed by atoms with van der Waals surface area (Å²) in [5.41, 5.74) is 2.23. The minimum atomic E-state index is -0.423. The third-order valence-corrected chi connectivity index (χ3v) is 6.05. The zero-order chi connectivity index (χ0) is 17.5. The summed E-state index contributed by atoms with van der Waals surface area (Å²) in [7, 11) is 0. The van der Waals surface area contributed by atoms with E-state index < -0.39 is 6.10 Å². The number of carbonyl (C=O) groups is 1. The average Bonchev–Trinajstić information content (AvgIpc) is 3.08. The van der Waals surface area contributed by atoms with E-state index in [4.69, 9.17) is 9.47 Å². The van der Waals surface area contributed by atoms with E-state index in [9.17, 15) is 4.79 Å². The number of ether oxygens (including phenoxy) is 2. The third kappa shape index (κ3) is 3.37. The number of carbonyl (C=O) groups excluding carboxylic acids is 1. The van der Waals surface area contributed by atoms with Crippen LogP contribution >= 0.6 is 0 Å². The smallest absolute Gasteiger partial charge is 0.176 e. The van der Waals surface area contributed by atoms with E-state index in [0.29, 0.717) is 5.76 Å². The molecule has 0 amide bonds. The van der Waals surface area contributed by atoms with E-state index in [2.05, 4.69) is 33.1 Å². The summed E-state index contributed by atoms with van der Waals surface area (Å²) in [6.45, 7) is 14.5. The number of fused-ring (bicyclic) bond motifs is 2. The van der Waals surface area contributed by atoms with Gasteiger partial charge < -0.3 is 9.47 Å². The first kappa shape index (κ1) is 17.5. The molecular weight excluding hydrogens is 300 g/mol. The summed E-state index contributed by atoms with van der Waals surface area (Å²) in [6, 6.07) is 0. The number of hydrogen-bond acceptors (Lipinski definition) is 3. The second kappa shape index (κ2) is 6.51. The molecule has 3 heteroatoms. The molecule has 3 rings (SSSR count). The fourth-order valence-corrected chi connectivity index (χ4v) is 4.08. The van der Waals surface area contributed by atoms with Gasteiger partial charge in [0, 0.05) is 11.8 Å². The van der Waals surface area contributed by atoms with Crippen molar-refractivity contribution in [2.75, 3.05) is 0 Å². The minimum Gasteiger partial charge on any atom is -0.482 e. The first-order valence-electron chi connectivity index (χ1n) is 9.24. The lowest BCUT2D eigenvalue weighted by molar-refractivity contribution is -0.132. The Kier molecular flexibility index (Phi) is 4.74. The Balaban J connectivity index is 1.81. The van der Waals surface area contributed by atoms with Gasteiger partial charge in [0.25, 0.3) is 0 Å². The Morgan fingerprint density at radius 2 is 2.08 bits per heavy atom. The van der Waals surface area contributed by atoms with Gasteiger partial charge in [-0.05, 0) is 57.9 Å². The molecule has 1 aliphatic carbocycles. The first-order chi connectivity index (χ1) is 11.3. The van der Waals surface area contributed by atoms with Gasteiger partial charge >= 0.3 is 0 Å². The van der Waals surface area contributed by atoms with Crippen LogP contribution in [0.5, 0.6) is 0 Å². The van der Waals surface area contributed by atoms with Gasteiger partial charge in [0.1, 0.15) is 5.76 Å². The van der Waals surface area contributed by atoms with Crippen LogP contribution in [0.1, 0.15) is 59.3 Å². The van der Waals surface area contributed by atoms with Crippen molar-refractivity contribution in [2.45, 2.75) is 77.1 Å². The number of ketones is 1. The van der Waals surface area contributed by atoms with Crippen molar-refractivity contribution in [2.24, 2.45) is 11.8 Å². The predicted molar refractivity (Wildman–Crippen MR) is 95.6 cm³/mol. The van der Waals surface area contributed by atoms with Crippen LogP contribution in [-0.2, 0) is 14.3 Å². The molecule has 0 aromatic rings. The molecule has 132 valence electrons. The number of epoxide rings is 1. The topological polar surface area (TPSA) is 38.8 Å². The molecule has 0 N–H and O–H groups in total. The fraction of sp³-hybridized carbons (Fsp3) is 0.667. The molecule has 0 unspecified atom stereocenters. The molecule has 3 aliphatic rings. The summed E-state index contributed by atoms with van der Waals surface area (Å²) in [6.07, 6.45) is 8.02. The number of rotatable bonds is 0. The van der Waals surface area contributed by atoms with Gasteiger partial charge in [0.05, 0.1) is 11.7 Å². The van der Waals surface area contributed by atoms with Crippen LogP contribution in [0.2, 0.25) is 0 Å². The number of hydrogen-bond donors (Lipinski definition) is 0. The highest BCUT2D eigenvalue weighted by atomic mass is 16.6. The highest BCUT2D eigenvalue weighted by Gasteiger charge is 2.54. The molecule has 0 aromatic carbocycles. The maximum Gasteiger partial charge on any atom is 0.176 e. The molecule has 0 bridgehead atoms. The summed E-state index contributed by atoms with van der Waals surface area (Å²) in [5.74, 6) is 0.800. The maximum absolute atomic E-state index is 12.9. The zero-order valence-corrected chi connectivity index (χ0v) is 15.3. The van der Waals surface area contributed by atoms with Crippen LogP contribution in [0.15, 0.2) is 36.1 Å². The van der Waals surface area contributed by atoms with E-state index in [0.717, 1.165) is 44.1 Å². The molecule has 2 heterocycles. The fourth-order valence-electron chi connectivity index (χ4n) is 4.08. The maximum atomic E-state index is 12.9. The Bertz CT molecular complexity index is 588. The summed E-state index contributed by atoms with van der Waals surface area (Å²) in [4.78, 5) is 12.9. The lowest BCUT2D eigenvalue weighted by Crippen LogP contribution is -2.33. The minimum absolute atomic E-state index is 0.0124. The Morgan fingerprint density at radius 3 is 2.83 bits per heavy atom. The SMILES string of the molecule is C=C1O[C@H]2C(=O)[C@@H](C)CCC/C(C)=C/CC[C@]3(C)O[C@@H]3C[C@H]2C1=C. The zero-order valence-electron chi connectivity index (χ0n) is 15.3. The average molecular weight is 330 g/mol. The molecule has 0 aromatic heterocycles. The molecule has 0 spiro atoms. The Morgan fingerprint density at radius 1 is 1.33 bits per heavy atom. The highest BCUT2D eigenvalue weighted by molar-refractivity contribution is 5.86. The standard InChI is InChI=1S/C21H30O3/c1-13-8-6-10-14(2)19(22)20-17(15(3)16(4)23-20)12-18-21(5,24-18)11-7-9-13/h9,14,17-18,20H,3-4,6-8,10-12H2,1-2,5H3/b13-9+/t14-,17-,18+,20+,21-/m0/s1. The van der Waals surface area contributed by atoms with Crippen LogP contribution in [0, 0.1) is 11.8 Å². The third-order valence-electron chi connectivity index (χ3n) is 6.05. The van der Waals surface area contributed by atoms with Gasteiger partial charge in [-0.1, -0.05) is 31.7 Å². The van der Waals surface area contributed by atoms with Crippen molar-refractivity contribution in [3.8, 4) is 0 Å². The van der Waals surface area contributed by atoms with Gasteiger partial charge in [-0.2, -0.15) is 0 Å².